The molecule has 1 atom stereocenters. The number of carbonyl (C=O) groups is 1. The van der Waals surface area contributed by atoms with Gasteiger partial charge >= 0.3 is 0 Å². The number of rotatable bonds is 5. The second kappa shape index (κ2) is 6.97. The number of amides is 1. The van der Waals surface area contributed by atoms with Gasteiger partial charge in [-0.2, -0.15) is 0 Å². The summed E-state index contributed by atoms with van der Waals surface area (Å²) in [4.78, 5) is 19.1. The van der Waals surface area contributed by atoms with Crippen molar-refractivity contribution in [3.05, 3.63) is 58.4 Å². The lowest BCUT2D eigenvalue weighted by Gasteiger charge is -2.21. The van der Waals surface area contributed by atoms with E-state index < -0.39 is 0 Å². The van der Waals surface area contributed by atoms with Crippen molar-refractivity contribution in [2.24, 2.45) is 0 Å². The number of benzene rings is 1. The van der Waals surface area contributed by atoms with Crippen LogP contribution < -0.4 is 0 Å². The SMILES string of the molecule is Cc1cc(/C=C/C(=O)N(C)C(C)c2nc3ccccc3s2)c(C)n1C1CC1. The van der Waals surface area contributed by atoms with Crippen LogP contribution in [0.1, 0.15) is 53.8 Å². The van der Waals surface area contributed by atoms with Gasteiger partial charge in [0.25, 0.3) is 0 Å². The van der Waals surface area contributed by atoms with Crippen molar-refractivity contribution in [3.8, 4) is 0 Å². The maximum Gasteiger partial charge on any atom is 0.246 e. The summed E-state index contributed by atoms with van der Waals surface area (Å²) in [6.45, 7) is 6.32. The summed E-state index contributed by atoms with van der Waals surface area (Å²) >= 11 is 1.65. The number of para-hydroxylation sites is 1. The molecule has 4 nitrogen and oxygen atoms in total. The number of nitrogens with zero attached hydrogens (tertiary/aromatic N) is 3. The molecule has 2 heterocycles. The molecule has 1 aliphatic carbocycles. The highest BCUT2D eigenvalue weighted by Gasteiger charge is 2.26. The second-order valence-electron chi connectivity index (χ2n) is 7.41. The average molecular weight is 380 g/mol. The van der Waals surface area contributed by atoms with Gasteiger partial charge in [0.05, 0.1) is 16.3 Å². The van der Waals surface area contributed by atoms with Gasteiger partial charge in [-0.3, -0.25) is 4.79 Å². The summed E-state index contributed by atoms with van der Waals surface area (Å²) in [5.74, 6) is -0.00187. The molecular formula is C22H25N3OS. The predicted octanol–water partition coefficient (Wildman–Crippen LogP) is 5.28. The van der Waals surface area contributed by atoms with Gasteiger partial charge in [0.2, 0.25) is 5.91 Å². The van der Waals surface area contributed by atoms with Crippen molar-refractivity contribution in [2.45, 2.75) is 45.7 Å². The zero-order chi connectivity index (χ0) is 19.1. The summed E-state index contributed by atoms with van der Waals surface area (Å²) in [6.07, 6.45) is 6.16. The number of thiazole rings is 1. The molecule has 4 rings (SSSR count). The van der Waals surface area contributed by atoms with Gasteiger partial charge in [-0.05, 0) is 63.5 Å². The molecule has 2 aromatic heterocycles. The zero-order valence-corrected chi connectivity index (χ0v) is 17.1. The zero-order valence-electron chi connectivity index (χ0n) is 16.3. The molecule has 1 fully saturated rings. The number of fused-ring (bicyclic) bond motifs is 1. The molecule has 1 saturated carbocycles. The van der Waals surface area contributed by atoms with E-state index in [2.05, 4.69) is 35.5 Å². The Kier molecular flexibility index (Phi) is 4.64. The van der Waals surface area contributed by atoms with Crippen LogP contribution in [0.15, 0.2) is 36.4 Å². The molecule has 140 valence electrons. The molecule has 27 heavy (non-hydrogen) atoms. The van der Waals surface area contributed by atoms with Crippen LogP contribution in [0.2, 0.25) is 0 Å². The van der Waals surface area contributed by atoms with E-state index in [1.807, 2.05) is 38.2 Å². The lowest BCUT2D eigenvalue weighted by atomic mass is 10.2. The van der Waals surface area contributed by atoms with E-state index in [9.17, 15) is 4.79 Å². The van der Waals surface area contributed by atoms with E-state index in [0.717, 1.165) is 20.8 Å². The van der Waals surface area contributed by atoms with Crippen LogP contribution in [-0.4, -0.2) is 27.4 Å². The van der Waals surface area contributed by atoms with Crippen molar-refractivity contribution in [1.29, 1.82) is 0 Å². The number of aryl methyl sites for hydroxylation is 1. The first-order valence-corrected chi connectivity index (χ1v) is 10.3. The third-order valence-electron chi connectivity index (χ3n) is 5.44. The minimum atomic E-state index is -0.0570. The third kappa shape index (κ3) is 3.44. The average Bonchev–Trinajstić information content (AvgIpc) is 3.32. The molecule has 1 aromatic carbocycles. The van der Waals surface area contributed by atoms with Crippen molar-refractivity contribution < 1.29 is 4.79 Å². The van der Waals surface area contributed by atoms with Crippen LogP contribution in [0.3, 0.4) is 0 Å². The first-order valence-electron chi connectivity index (χ1n) is 9.44. The smallest absolute Gasteiger partial charge is 0.246 e. The van der Waals surface area contributed by atoms with Crippen molar-refractivity contribution >= 4 is 33.5 Å². The summed E-state index contributed by atoms with van der Waals surface area (Å²) in [6, 6.07) is 10.9. The van der Waals surface area contributed by atoms with Gasteiger partial charge in [0.15, 0.2) is 0 Å². The molecule has 0 aliphatic heterocycles. The number of carbonyl (C=O) groups excluding carboxylic acids is 1. The Morgan fingerprint density at radius 2 is 2.07 bits per heavy atom. The van der Waals surface area contributed by atoms with Gasteiger partial charge < -0.3 is 9.47 Å². The topological polar surface area (TPSA) is 38.1 Å². The molecular weight excluding hydrogens is 354 g/mol. The lowest BCUT2D eigenvalue weighted by Crippen LogP contribution is -2.27. The standard InChI is InChI=1S/C22H25N3OS/c1-14-13-17(15(2)25(14)18-10-11-18)9-12-21(26)24(4)16(3)22-23-19-7-5-6-8-20(19)27-22/h5-9,12-13,16,18H,10-11H2,1-4H3/b12-9+. The van der Waals surface area contributed by atoms with Gasteiger partial charge in [-0.1, -0.05) is 12.1 Å². The van der Waals surface area contributed by atoms with Gasteiger partial charge in [-0.25, -0.2) is 4.98 Å². The normalized spacial score (nSPS) is 15.6. The third-order valence-corrected chi connectivity index (χ3v) is 6.64. The predicted molar refractivity (Wildman–Crippen MR) is 112 cm³/mol. The molecule has 0 N–H and O–H groups in total. The highest BCUT2D eigenvalue weighted by Crippen LogP contribution is 2.38. The minimum absolute atomic E-state index is 0.00187. The van der Waals surface area contributed by atoms with Crippen LogP contribution in [0.4, 0.5) is 0 Å². The van der Waals surface area contributed by atoms with Crippen LogP contribution in [0, 0.1) is 13.8 Å². The Balaban J connectivity index is 1.50. The van der Waals surface area contributed by atoms with E-state index in [0.29, 0.717) is 6.04 Å². The second-order valence-corrected chi connectivity index (χ2v) is 8.47. The first kappa shape index (κ1) is 18.0. The summed E-state index contributed by atoms with van der Waals surface area (Å²) < 4.78 is 3.56. The van der Waals surface area contributed by atoms with E-state index in [1.165, 1.54) is 24.2 Å². The van der Waals surface area contributed by atoms with Crippen LogP contribution in [0.5, 0.6) is 0 Å². The Hall–Kier alpha value is -2.40. The van der Waals surface area contributed by atoms with Crippen LogP contribution in [-0.2, 0) is 4.79 Å². The van der Waals surface area contributed by atoms with Crippen LogP contribution in [0.25, 0.3) is 16.3 Å². The minimum Gasteiger partial charge on any atom is -0.346 e. The molecule has 1 aliphatic rings. The maximum atomic E-state index is 12.7. The van der Waals surface area contributed by atoms with E-state index >= 15 is 0 Å². The van der Waals surface area contributed by atoms with Gasteiger partial charge in [0, 0.05) is 30.6 Å². The van der Waals surface area contributed by atoms with E-state index in [1.54, 1.807) is 22.3 Å². The fourth-order valence-electron chi connectivity index (χ4n) is 3.57. The van der Waals surface area contributed by atoms with Crippen LogP contribution >= 0.6 is 11.3 Å². The Morgan fingerprint density at radius 1 is 1.33 bits per heavy atom. The van der Waals surface area contributed by atoms with Gasteiger partial charge in [-0.15, -0.1) is 11.3 Å². The lowest BCUT2D eigenvalue weighted by molar-refractivity contribution is -0.126. The first-order chi connectivity index (χ1) is 13.0. The van der Waals surface area contributed by atoms with Crippen molar-refractivity contribution in [2.75, 3.05) is 7.05 Å². The fraction of sp³-hybridized carbons (Fsp3) is 0.364. The molecule has 0 saturated heterocycles. The highest BCUT2D eigenvalue weighted by atomic mass is 32.1. The summed E-state index contributed by atoms with van der Waals surface area (Å²) in [7, 11) is 1.84. The fourth-order valence-corrected chi connectivity index (χ4v) is 4.63. The molecule has 5 heteroatoms. The Morgan fingerprint density at radius 3 is 2.78 bits per heavy atom. The van der Waals surface area contributed by atoms with E-state index in [4.69, 9.17) is 0 Å². The number of likely N-dealkylation sites (N-methyl/N-ethyl adjacent to an activating group) is 1. The number of hydrogen-bond acceptors (Lipinski definition) is 3. The quantitative estimate of drug-likeness (QED) is 0.566. The van der Waals surface area contributed by atoms with E-state index in [-0.39, 0.29) is 11.9 Å². The molecule has 3 aromatic rings. The molecule has 0 bridgehead atoms. The molecule has 0 spiro atoms. The molecule has 1 amide bonds. The van der Waals surface area contributed by atoms with Crippen molar-refractivity contribution in [3.63, 3.8) is 0 Å². The molecule has 1 unspecified atom stereocenters. The number of hydrogen-bond donors (Lipinski definition) is 0. The molecule has 0 radical (unpaired) electrons. The van der Waals surface area contributed by atoms with Crippen molar-refractivity contribution in [1.82, 2.24) is 14.5 Å². The monoisotopic (exact) mass is 379 g/mol. The highest BCUT2D eigenvalue weighted by molar-refractivity contribution is 7.18. The van der Waals surface area contributed by atoms with Gasteiger partial charge in [0.1, 0.15) is 5.01 Å². The Labute approximate surface area is 164 Å². The summed E-state index contributed by atoms with van der Waals surface area (Å²) in [5, 5.41) is 0.965. The Bertz CT molecular complexity index is 993. The maximum absolute atomic E-state index is 12.7. The summed E-state index contributed by atoms with van der Waals surface area (Å²) in [5.41, 5.74) is 4.65. The number of aromatic nitrogens is 2. The largest absolute Gasteiger partial charge is 0.346 e.